The molecule has 2 aromatic carbocycles. The number of hydrogen-bond donors (Lipinski definition) is 2. The molecule has 5 nitrogen and oxygen atoms in total. The lowest BCUT2D eigenvalue weighted by Gasteiger charge is -2.29. The molecule has 25 heavy (non-hydrogen) atoms. The van der Waals surface area contributed by atoms with E-state index < -0.39 is 0 Å². The molecule has 1 atom stereocenters. The van der Waals surface area contributed by atoms with Gasteiger partial charge in [0.2, 0.25) is 0 Å². The smallest absolute Gasteiger partial charge is 0.169 e. The van der Waals surface area contributed by atoms with Crippen molar-refractivity contribution in [1.29, 1.82) is 0 Å². The summed E-state index contributed by atoms with van der Waals surface area (Å²) in [7, 11) is 0. The van der Waals surface area contributed by atoms with Crippen molar-refractivity contribution >= 4 is 11.4 Å². The van der Waals surface area contributed by atoms with E-state index in [1.807, 2.05) is 24.3 Å². The van der Waals surface area contributed by atoms with Crippen LogP contribution >= 0.6 is 0 Å². The monoisotopic (exact) mass is 341 g/mol. The summed E-state index contributed by atoms with van der Waals surface area (Å²) < 4.78 is 12.1. The maximum atomic E-state index is 6.15. The zero-order valence-electron chi connectivity index (χ0n) is 14.8. The molecule has 0 aromatic heterocycles. The molecule has 5 heteroatoms. The number of nitrogen functional groups attached to an aromatic ring is 2. The van der Waals surface area contributed by atoms with Crippen LogP contribution in [0.4, 0.5) is 11.4 Å². The van der Waals surface area contributed by atoms with Crippen LogP contribution in [0.5, 0.6) is 17.2 Å². The summed E-state index contributed by atoms with van der Waals surface area (Å²) in [6, 6.07) is 13.0. The summed E-state index contributed by atoms with van der Waals surface area (Å²) in [6.45, 7) is 5.36. The molecule has 1 heterocycles. The molecule has 4 N–H and O–H groups in total. The molecule has 3 rings (SSSR count). The molecule has 0 bridgehead atoms. The van der Waals surface area contributed by atoms with Gasteiger partial charge in [0.05, 0.1) is 11.4 Å². The third-order valence-electron chi connectivity index (χ3n) is 4.43. The highest BCUT2D eigenvalue weighted by Gasteiger charge is 2.16. The molecule has 0 radical (unpaired) electrons. The van der Waals surface area contributed by atoms with Crippen LogP contribution < -0.4 is 20.9 Å². The lowest BCUT2D eigenvalue weighted by atomic mass is 10.1. The van der Waals surface area contributed by atoms with Crippen LogP contribution in [0.3, 0.4) is 0 Å². The third kappa shape index (κ3) is 4.79. The summed E-state index contributed by atoms with van der Waals surface area (Å²) in [5.74, 6) is 2.06. The quantitative estimate of drug-likeness (QED) is 0.780. The second kappa shape index (κ2) is 8.12. The Hall–Kier alpha value is -2.40. The lowest BCUT2D eigenvalue weighted by molar-refractivity contribution is 0.128. The molecule has 0 saturated carbocycles. The number of likely N-dealkylation sites (tertiary alicyclic amines) is 1. The SMILES string of the molecule is CC(CN1CCCCC1)Oc1ccccc1Oc1ccc(N)c(N)c1. The topological polar surface area (TPSA) is 73.7 Å². The first-order valence-electron chi connectivity index (χ1n) is 8.93. The first-order valence-corrected chi connectivity index (χ1v) is 8.93. The Kier molecular flexibility index (Phi) is 5.66. The number of ether oxygens (including phenoxy) is 2. The van der Waals surface area contributed by atoms with Gasteiger partial charge in [0, 0.05) is 12.6 Å². The van der Waals surface area contributed by atoms with Gasteiger partial charge in [-0.1, -0.05) is 18.6 Å². The highest BCUT2D eigenvalue weighted by atomic mass is 16.5. The molecular formula is C20H27N3O2. The van der Waals surface area contributed by atoms with Crippen molar-refractivity contribution in [3.63, 3.8) is 0 Å². The Balaban J connectivity index is 1.66. The van der Waals surface area contributed by atoms with E-state index in [9.17, 15) is 0 Å². The molecular weight excluding hydrogens is 314 g/mol. The van der Waals surface area contributed by atoms with Crippen LogP contribution in [0, 0.1) is 0 Å². The standard InChI is InChI=1S/C20H27N3O2/c1-15(14-23-11-5-2-6-12-23)24-19-7-3-4-8-20(19)25-16-9-10-17(21)18(22)13-16/h3-4,7-10,13,15H,2,5-6,11-12,14,21-22H2,1H3. The number of anilines is 2. The van der Waals surface area contributed by atoms with Crippen LogP contribution in [-0.4, -0.2) is 30.6 Å². The Bertz CT molecular complexity index is 699. The fourth-order valence-electron chi connectivity index (χ4n) is 3.13. The number of para-hydroxylation sites is 2. The van der Waals surface area contributed by atoms with Gasteiger partial charge in [0.1, 0.15) is 11.9 Å². The summed E-state index contributed by atoms with van der Waals surface area (Å²) in [5.41, 5.74) is 12.7. The number of nitrogens with two attached hydrogens (primary N) is 2. The highest BCUT2D eigenvalue weighted by molar-refractivity contribution is 5.65. The van der Waals surface area contributed by atoms with E-state index in [1.165, 1.54) is 19.3 Å². The number of benzene rings is 2. The van der Waals surface area contributed by atoms with Gasteiger partial charge >= 0.3 is 0 Å². The Morgan fingerprint density at radius 3 is 2.40 bits per heavy atom. The minimum absolute atomic E-state index is 0.0966. The normalized spacial score (nSPS) is 16.4. The van der Waals surface area contributed by atoms with Crippen molar-refractivity contribution in [3.05, 3.63) is 42.5 Å². The van der Waals surface area contributed by atoms with Crippen LogP contribution in [0.2, 0.25) is 0 Å². The fourth-order valence-corrected chi connectivity index (χ4v) is 3.13. The van der Waals surface area contributed by atoms with Gasteiger partial charge in [-0.3, -0.25) is 4.90 Å². The van der Waals surface area contributed by atoms with Crippen molar-refractivity contribution in [2.75, 3.05) is 31.1 Å². The largest absolute Gasteiger partial charge is 0.485 e. The van der Waals surface area contributed by atoms with Gasteiger partial charge in [-0.25, -0.2) is 0 Å². The highest BCUT2D eigenvalue weighted by Crippen LogP contribution is 2.33. The van der Waals surface area contributed by atoms with Gasteiger partial charge in [0.15, 0.2) is 11.5 Å². The van der Waals surface area contributed by atoms with E-state index in [1.54, 1.807) is 18.2 Å². The molecule has 1 aliphatic heterocycles. The van der Waals surface area contributed by atoms with Crippen LogP contribution in [0.25, 0.3) is 0 Å². The molecule has 0 spiro atoms. The van der Waals surface area contributed by atoms with Crippen molar-refractivity contribution in [2.24, 2.45) is 0 Å². The molecule has 0 aliphatic carbocycles. The van der Waals surface area contributed by atoms with E-state index in [4.69, 9.17) is 20.9 Å². The molecule has 134 valence electrons. The van der Waals surface area contributed by atoms with Crippen LogP contribution in [-0.2, 0) is 0 Å². The average molecular weight is 341 g/mol. The van der Waals surface area contributed by atoms with Crippen molar-refractivity contribution in [3.8, 4) is 17.2 Å². The minimum Gasteiger partial charge on any atom is -0.485 e. The predicted molar refractivity (Wildman–Crippen MR) is 102 cm³/mol. The van der Waals surface area contributed by atoms with Gasteiger partial charge in [0.25, 0.3) is 0 Å². The van der Waals surface area contributed by atoms with Gasteiger partial charge < -0.3 is 20.9 Å². The van der Waals surface area contributed by atoms with Crippen LogP contribution in [0.1, 0.15) is 26.2 Å². The van der Waals surface area contributed by atoms with E-state index in [2.05, 4.69) is 11.8 Å². The number of nitrogens with zero attached hydrogens (tertiary/aromatic N) is 1. The first-order chi connectivity index (χ1) is 12.1. The zero-order valence-corrected chi connectivity index (χ0v) is 14.8. The molecule has 1 saturated heterocycles. The summed E-state index contributed by atoms with van der Waals surface area (Å²) in [4.78, 5) is 2.47. The maximum Gasteiger partial charge on any atom is 0.169 e. The maximum absolute atomic E-state index is 6.15. The number of rotatable bonds is 6. The fraction of sp³-hybridized carbons (Fsp3) is 0.400. The molecule has 1 aliphatic rings. The first kappa shape index (κ1) is 17.4. The Morgan fingerprint density at radius 1 is 0.960 bits per heavy atom. The summed E-state index contributed by atoms with van der Waals surface area (Å²) >= 11 is 0. The second-order valence-electron chi connectivity index (χ2n) is 6.63. The van der Waals surface area contributed by atoms with Crippen LogP contribution in [0.15, 0.2) is 42.5 Å². The molecule has 1 fully saturated rings. The predicted octanol–water partition coefficient (Wildman–Crippen LogP) is 3.90. The third-order valence-corrected chi connectivity index (χ3v) is 4.43. The lowest BCUT2D eigenvalue weighted by Crippen LogP contribution is -2.37. The van der Waals surface area contributed by atoms with Crippen molar-refractivity contribution in [1.82, 2.24) is 4.90 Å². The van der Waals surface area contributed by atoms with Gasteiger partial charge in [-0.2, -0.15) is 0 Å². The number of piperidine rings is 1. The van der Waals surface area contributed by atoms with Crippen molar-refractivity contribution < 1.29 is 9.47 Å². The summed E-state index contributed by atoms with van der Waals surface area (Å²) in [5, 5.41) is 0. The zero-order chi connectivity index (χ0) is 17.6. The second-order valence-corrected chi connectivity index (χ2v) is 6.63. The van der Waals surface area contributed by atoms with Gasteiger partial charge in [-0.15, -0.1) is 0 Å². The number of hydrogen-bond acceptors (Lipinski definition) is 5. The Labute approximate surface area is 149 Å². The molecule has 0 amide bonds. The van der Waals surface area contributed by atoms with Gasteiger partial charge in [-0.05, 0) is 57.1 Å². The minimum atomic E-state index is 0.0966. The summed E-state index contributed by atoms with van der Waals surface area (Å²) in [6.07, 6.45) is 4.00. The molecule has 1 unspecified atom stereocenters. The van der Waals surface area contributed by atoms with Crippen molar-refractivity contribution in [2.45, 2.75) is 32.3 Å². The molecule has 2 aromatic rings. The van der Waals surface area contributed by atoms with E-state index in [0.29, 0.717) is 22.9 Å². The Morgan fingerprint density at radius 2 is 1.68 bits per heavy atom. The average Bonchev–Trinajstić information content (AvgIpc) is 2.61. The van der Waals surface area contributed by atoms with E-state index in [-0.39, 0.29) is 6.10 Å². The van der Waals surface area contributed by atoms with E-state index >= 15 is 0 Å². The van der Waals surface area contributed by atoms with E-state index in [0.717, 1.165) is 25.4 Å².